The third kappa shape index (κ3) is 3.76. The van der Waals surface area contributed by atoms with E-state index in [9.17, 15) is 4.79 Å². The predicted molar refractivity (Wildman–Crippen MR) is 70.8 cm³/mol. The molecule has 2 N–H and O–H groups in total. The first-order chi connectivity index (χ1) is 9.19. The van der Waals surface area contributed by atoms with Crippen molar-refractivity contribution < 1.29 is 4.79 Å². The highest BCUT2D eigenvalue weighted by Gasteiger charge is 2.21. The lowest BCUT2D eigenvalue weighted by Crippen LogP contribution is -2.34. The van der Waals surface area contributed by atoms with E-state index in [-0.39, 0.29) is 5.91 Å². The molecule has 2 heterocycles. The van der Waals surface area contributed by atoms with Crippen molar-refractivity contribution in [2.45, 2.75) is 25.8 Å². The summed E-state index contributed by atoms with van der Waals surface area (Å²) in [5.74, 6) is 0.204. The average Bonchev–Trinajstić information content (AvgIpc) is 2.41. The fourth-order valence-corrected chi connectivity index (χ4v) is 2.54. The Morgan fingerprint density at radius 2 is 2.26 bits per heavy atom. The van der Waals surface area contributed by atoms with Gasteiger partial charge >= 0.3 is 0 Å². The SMILES string of the molecule is N#Cc1ncccc1CN1CCC(CC(N)=O)CC1. The van der Waals surface area contributed by atoms with Crippen molar-refractivity contribution in [3.63, 3.8) is 0 Å². The summed E-state index contributed by atoms with van der Waals surface area (Å²) in [6, 6.07) is 5.92. The lowest BCUT2D eigenvalue weighted by Gasteiger charge is -2.31. The lowest BCUT2D eigenvalue weighted by atomic mass is 9.93. The summed E-state index contributed by atoms with van der Waals surface area (Å²) < 4.78 is 0. The number of likely N-dealkylation sites (tertiary alicyclic amines) is 1. The number of amides is 1. The van der Waals surface area contributed by atoms with Gasteiger partial charge in [0, 0.05) is 24.7 Å². The molecule has 0 bridgehead atoms. The van der Waals surface area contributed by atoms with Crippen LogP contribution in [-0.2, 0) is 11.3 Å². The molecular weight excluding hydrogens is 240 g/mol. The number of rotatable bonds is 4. The summed E-state index contributed by atoms with van der Waals surface area (Å²) in [4.78, 5) is 17.3. The molecule has 0 saturated carbocycles. The van der Waals surface area contributed by atoms with Crippen molar-refractivity contribution in [3.05, 3.63) is 29.6 Å². The zero-order valence-electron chi connectivity index (χ0n) is 10.9. The molecule has 0 spiro atoms. The van der Waals surface area contributed by atoms with Gasteiger partial charge in [0.1, 0.15) is 11.8 Å². The van der Waals surface area contributed by atoms with Crippen molar-refractivity contribution in [1.29, 1.82) is 5.26 Å². The van der Waals surface area contributed by atoms with E-state index in [4.69, 9.17) is 11.0 Å². The van der Waals surface area contributed by atoms with E-state index in [1.807, 2.05) is 12.1 Å². The number of nitriles is 1. The van der Waals surface area contributed by atoms with Crippen LogP contribution in [0.1, 0.15) is 30.5 Å². The van der Waals surface area contributed by atoms with Crippen LogP contribution in [0.15, 0.2) is 18.3 Å². The highest BCUT2D eigenvalue weighted by molar-refractivity contribution is 5.73. The maximum absolute atomic E-state index is 10.9. The van der Waals surface area contributed by atoms with Crippen molar-refractivity contribution in [3.8, 4) is 6.07 Å². The van der Waals surface area contributed by atoms with E-state index in [1.54, 1.807) is 6.20 Å². The Hall–Kier alpha value is -1.93. The standard InChI is InChI=1S/C14H18N4O/c15-9-13-12(2-1-5-17-13)10-18-6-3-11(4-7-18)8-14(16)19/h1-2,5,11H,3-4,6-8,10H2,(H2,16,19). The van der Waals surface area contributed by atoms with E-state index in [1.165, 1.54) is 0 Å². The van der Waals surface area contributed by atoms with E-state index >= 15 is 0 Å². The van der Waals surface area contributed by atoms with Crippen LogP contribution < -0.4 is 5.73 Å². The first-order valence-corrected chi connectivity index (χ1v) is 6.53. The van der Waals surface area contributed by atoms with Crippen LogP contribution in [0.4, 0.5) is 0 Å². The first-order valence-electron chi connectivity index (χ1n) is 6.53. The normalized spacial score (nSPS) is 17.0. The van der Waals surface area contributed by atoms with Crippen molar-refractivity contribution in [1.82, 2.24) is 9.88 Å². The third-order valence-electron chi connectivity index (χ3n) is 3.59. The fraction of sp³-hybridized carbons (Fsp3) is 0.500. The Labute approximate surface area is 113 Å². The van der Waals surface area contributed by atoms with Gasteiger partial charge < -0.3 is 5.73 Å². The van der Waals surface area contributed by atoms with Crippen LogP contribution in [0.5, 0.6) is 0 Å². The molecule has 0 aliphatic carbocycles. The largest absolute Gasteiger partial charge is 0.370 e. The van der Waals surface area contributed by atoms with Crippen molar-refractivity contribution >= 4 is 5.91 Å². The number of hydrogen-bond acceptors (Lipinski definition) is 4. The van der Waals surface area contributed by atoms with Crippen molar-refractivity contribution in [2.24, 2.45) is 11.7 Å². The highest BCUT2D eigenvalue weighted by atomic mass is 16.1. The minimum absolute atomic E-state index is 0.211. The average molecular weight is 258 g/mol. The second kappa shape index (κ2) is 6.30. The smallest absolute Gasteiger partial charge is 0.217 e. The summed E-state index contributed by atoms with van der Waals surface area (Å²) in [6.07, 6.45) is 4.11. The molecule has 1 fully saturated rings. The molecule has 0 radical (unpaired) electrons. The Bertz CT molecular complexity index is 486. The molecule has 19 heavy (non-hydrogen) atoms. The second-order valence-electron chi connectivity index (χ2n) is 5.01. The summed E-state index contributed by atoms with van der Waals surface area (Å²) in [6.45, 7) is 2.63. The van der Waals surface area contributed by atoms with Crippen LogP contribution in [0.2, 0.25) is 0 Å². The van der Waals surface area contributed by atoms with E-state index in [0.717, 1.165) is 38.0 Å². The Balaban J connectivity index is 1.89. The molecule has 1 amide bonds. The molecule has 0 atom stereocenters. The topological polar surface area (TPSA) is 83.0 Å². The fourth-order valence-electron chi connectivity index (χ4n) is 2.54. The molecule has 1 aliphatic rings. The molecular formula is C14H18N4O. The number of aromatic nitrogens is 1. The van der Waals surface area contributed by atoms with Crippen LogP contribution >= 0.6 is 0 Å². The minimum Gasteiger partial charge on any atom is -0.370 e. The van der Waals surface area contributed by atoms with Crippen LogP contribution in [0.25, 0.3) is 0 Å². The molecule has 100 valence electrons. The van der Waals surface area contributed by atoms with Crippen LogP contribution in [-0.4, -0.2) is 28.9 Å². The van der Waals surface area contributed by atoms with Gasteiger partial charge in [-0.1, -0.05) is 6.07 Å². The maximum Gasteiger partial charge on any atom is 0.217 e. The zero-order chi connectivity index (χ0) is 13.7. The number of nitrogens with two attached hydrogens (primary N) is 1. The number of piperidine rings is 1. The second-order valence-corrected chi connectivity index (χ2v) is 5.01. The monoisotopic (exact) mass is 258 g/mol. The van der Waals surface area contributed by atoms with Crippen LogP contribution in [0.3, 0.4) is 0 Å². The van der Waals surface area contributed by atoms with Gasteiger partial charge in [0.15, 0.2) is 0 Å². The lowest BCUT2D eigenvalue weighted by molar-refractivity contribution is -0.119. The Kier molecular flexibility index (Phi) is 4.48. The van der Waals surface area contributed by atoms with Crippen LogP contribution in [0, 0.1) is 17.2 Å². The zero-order valence-corrected chi connectivity index (χ0v) is 10.9. The highest BCUT2D eigenvalue weighted by Crippen LogP contribution is 2.21. The number of hydrogen-bond donors (Lipinski definition) is 1. The Morgan fingerprint density at radius 1 is 1.53 bits per heavy atom. The molecule has 5 heteroatoms. The molecule has 1 aliphatic heterocycles. The maximum atomic E-state index is 10.9. The van der Waals surface area contributed by atoms with Gasteiger partial charge in [-0.05, 0) is 37.9 Å². The summed E-state index contributed by atoms with van der Waals surface area (Å²) in [7, 11) is 0. The summed E-state index contributed by atoms with van der Waals surface area (Å²) in [5, 5.41) is 9.01. The number of primary amides is 1. The predicted octanol–water partition coefficient (Wildman–Crippen LogP) is 1.04. The number of carbonyl (C=O) groups is 1. The third-order valence-corrected chi connectivity index (χ3v) is 3.59. The van der Waals surface area contributed by atoms with E-state index < -0.39 is 0 Å². The van der Waals surface area contributed by atoms with Crippen molar-refractivity contribution in [2.75, 3.05) is 13.1 Å². The number of pyridine rings is 1. The van der Waals surface area contributed by atoms with Gasteiger partial charge in [-0.2, -0.15) is 5.26 Å². The molecule has 1 saturated heterocycles. The molecule has 5 nitrogen and oxygen atoms in total. The summed E-state index contributed by atoms with van der Waals surface area (Å²) >= 11 is 0. The quantitative estimate of drug-likeness (QED) is 0.874. The Morgan fingerprint density at radius 3 is 2.89 bits per heavy atom. The van der Waals surface area contributed by atoms with Gasteiger partial charge in [-0.3, -0.25) is 9.69 Å². The molecule has 1 aromatic heterocycles. The van der Waals surface area contributed by atoms with Gasteiger partial charge in [0.25, 0.3) is 0 Å². The summed E-state index contributed by atoms with van der Waals surface area (Å²) in [5.41, 5.74) is 6.69. The number of nitrogens with zero attached hydrogens (tertiary/aromatic N) is 3. The molecule has 0 aromatic carbocycles. The molecule has 1 aromatic rings. The number of carbonyl (C=O) groups excluding carboxylic acids is 1. The van der Waals surface area contributed by atoms with Gasteiger partial charge in [-0.15, -0.1) is 0 Å². The van der Waals surface area contributed by atoms with E-state index in [2.05, 4.69) is 16.0 Å². The van der Waals surface area contributed by atoms with Gasteiger partial charge in [-0.25, -0.2) is 4.98 Å². The van der Waals surface area contributed by atoms with Gasteiger partial charge in [0.05, 0.1) is 0 Å². The van der Waals surface area contributed by atoms with E-state index in [0.29, 0.717) is 18.0 Å². The molecule has 0 unspecified atom stereocenters. The minimum atomic E-state index is -0.211. The van der Waals surface area contributed by atoms with Gasteiger partial charge in [0.2, 0.25) is 5.91 Å². The molecule has 2 rings (SSSR count). The first kappa shape index (κ1) is 13.5.